The van der Waals surface area contributed by atoms with Crippen molar-refractivity contribution in [3.63, 3.8) is 0 Å². The molecule has 4 aromatic rings. The molecule has 3 heterocycles. The summed E-state index contributed by atoms with van der Waals surface area (Å²) in [6.07, 6.45) is 4.53. The van der Waals surface area contributed by atoms with E-state index in [4.69, 9.17) is 10.1 Å². The molecule has 0 atom stereocenters. The number of fused-ring (bicyclic) bond motifs is 2. The summed E-state index contributed by atoms with van der Waals surface area (Å²) in [6.45, 7) is 1.64. The van der Waals surface area contributed by atoms with Crippen molar-refractivity contribution in [2.45, 2.75) is 13.0 Å². The van der Waals surface area contributed by atoms with Gasteiger partial charge in [0, 0.05) is 47.6 Å². The van der Waals surface area contributed by atoms with Gasteiger partial charge in [0.05, 0.1) is 17.8 Å². The Bertz CT molecular complexity index is 1150. The topological polar surface area (TPSA) is 41.4 Å². The maximum atomic E-state index is 4.95. The van der Waals surface area contributed by atoms with Gasteiger partial charge in [-0.05, 0) is 29.8 Å². The summed E-state index contributed by atoms with van der Waals surface area (Å²) in [5, 5.41) is 8.27. The van der Waals surface area contributed by atoms with Crippen molar-refractivity contribution in [1.29, 1.82) is 0 Å². The van der Waals surface area contributed by atoms with Gasteiger partial charge < -0.3 is 0 Å². The van der Waals surface area contributed by atoms with Crippen LogP contribution in [0.4, 0.5) is 0 Å². The lowest BCUT2D eigenvalue weighted by Crippen LogP contribution is -2.28. The van der Waals surface area contributed by atoms with Crippen LogP contribution in [0.25, 0.3) is 10.9 Å². The van der Waals surface area contributed by atoms with Crippen molar-refractivity contribution < 1.29 is 0 Å². The Morgan fingerprint density at radius 1 is 0.857 bits per heavy atom. The molecule has 0 amide bonds. The molecule has 0 fully saturated rings. The number of hydrogen-bond donors (Lipinski definition) is 0. The second kappa shape index (κ2) is 7.24. The lowest BCUT2D eigenvalue weighted by molar-refractivity contribution is 0.278. The van der Waals surface area contributed by atoms with Gasteiger partial charge in [0.2, 0.25) is 0 Å². The number of benzene rings is 2. The minimum Gasteiger partial charge on any atom is -0.292 e. The van der Waals surface area contributed by atoms with Crippen LogP contribution in [-0.4, -0.2) is 27.2 Å². The third-order valence-corrected chi connectivity index (χ3v) is 5.08. The van der Waals surface area contributed by atoms with E-state index in [0.29, 0.717) is 0 Å². The van der Waals surface area contributed by atoms with E-state index in [1.165, 1.54) is 16.5 Å². The molecule has 4 nitrogen and oxygen atoms in total. The number of aromatic nitrogens is 2. The molecule has 0 unspecified atom stereocenters. The van der Waals surface area contributed by atoms with E-state index in [2.05, 4.69) is 64.6 Å². The van der Waals surface area contributed by atoms with Gasteiger partial charge in [-0.2, -0.15) is 5.10 Å². The van der Waals surface area contributed by atoms with Crippen LogP contribution >= 0.6 is 0 Å². The van der Waals surface area contributed by atoms with Crippen molar-refractivity contribution in [3.8, 4) is 0 Å². The van der Waals surface area contributed by atoms with Crippen LogP contribution in [-0.2, 0) is 13.0 Å². The van der Waals surface area contributed by atoms with Gasteiger partial charge in [0.15, 0.2) is 0 Å². The zero-order chi connectivity index (χ0) is 18.8. The molecule has 5 rings (SSSR count). The summed E-state index contributed by atoms with van der Waals surface area (Å²) in [7, 11) is 0. The molecule has 0 spiro atoms. The minimum absolute atomic E-state index is 0.813. The first-order valence-corrected chi connectivity index (χ1v) is 9.54. The lowest BCUT2D eigenvalue weighted by atomic mass is 9.97. The summed E-state index contributed by atoms with van der Waals surface area (Å²) in [5.74, 6) is 0. The Hall–Kier alpha value is -3.53. The first-order chi connectivity index (χ1) is 13.9. The normalized spacial score (nSPS) is 13.3. The summed E-state index contributed by atoms with van der Waals surface area (Å²) in [6, 6.07) is 25.0. The summed E-state index contributed by atoms with van der Waals surface area (Å²) in [4.78, 5) is 9.07. The predicted molar refractivity (Wildman–Crippen MR) is 112 cm³/mol. The van der Waals surface area contributed by atoms with E-state index in [0.717, 1.165) is 42.0 Å². The van der Waals surface area contributed by atoms with Gasteiger partial charge in [-0.3, -0.25) is 15.0 Å². The van der Waals surface area contributed by atoms with Crippen LogP contribution in [0, 0.1) is 0 Å². The Balaban J connectivity index is 1.42. The Morgan fingerprint density at radius 3 is 2.68 bits per heavy atom. The minimum atomic E-state index is 0.813. The maximum absolute atomic E-state index is 4.95. The van der Waals surface area contributed by atoms with Crippen molar-refractivity contribution >= 4 is 16.6 Å². The average molecular weight is 364 g/mol. The van der Waals surface area contributed by atoms with Gasteiger partial charge in [-0.15, -0.1) is 0 Å². The van der Waals surface area contributed by atoms with Crippen LogP contribution in [0.5, 0.6) is 0 Å². The molecular weight excluding hydrogens is 344 g/mol. The SMILES string of the molecule is c1cncc(C2=NN(CCc3ccc4ccccc4n3)Cc3ccccc32)c1. The molecule has 0 aliphatic carbocycles. The van der Waals surface area contributed by atoms with Crippen LogP contribution in [0.15, 0.2) is 90.3 Å². The molecule has 2 aromatic heterocycles. The molecule has 0 saturated heterocycles. The Labute approximate surface area is 164 Å². The fourth-order valence-corrected chi connectivity index (χ4v) is 3.65. The second-order valence-corrected chi connectivity index (χ2v) is 6.98. The zero-order valence-corrected chi connectivity index (χ0v) is 15.5. The molecule has 0 radical (unpaired) electrons. The average Bonchev–Trinajstić information content (AvgIpc) is 2.77. The Morgan fingerprint density at radius 2 is 1.75 bits per heavy atom. The van der Waals surface area contributed by atoms with E-state index in [9.17, 15) is 0 Å². The standard InChI is InChI=1S/C24H20N4/c1-3-9-22-20(7-1)17-28(27-24(22)19-8-5-14-25-16-19)15-13-21-12-11-18-6-2-4-10-23(18)26-21/h1-12,14,16H,13,15,17H2. The third-order valence-electron chi connectivity index (χ3n) is 5.08. The second-order valence-electron chi connectivity index (χ2n) is 6.98. The molecule has 0 N–H and O–H groups in total. The maximum Gasteiger partial charge on any atom is 0.0995 e. The van der Waals surface area contributed by atoms with E-state index in [1.807, 2.05) is 24.4 Å². The number of para-hydroxylation sites is 1. The van der Waals surface area contributed by atoms with Crippen molar-refractivity contribution in [2.24, 2.45) is 5.10 Å². The molecule has 136 valence electrons. The quantitative estimate of drug-likeness (QED) is 0.537. The van der Waals surface area contributed by atoms with E-state index >= 15 is 0 Å². The number of hydrazone groups is 1. The highest BCUT2D eigenvalue weighted by Gasteiger charge is 2.20. The molecule has 2 aromatic carbocycles. The van der Waals surface area contributed by atoms with Gasteiger partial charge in [0.25, 0.3) is 0 Å². The summed E-state index contributed by atoms with van der Waals surface area (Å²) < 4.78 is 0. The highest BCUT2D eigenvalue weighted by atomic mass is 15.5. The molecule has 0 bridgehead atoms. The van der Waals surface area contributed by atoms with Gasteiger partial charge in [0.1, 0.15) is 0 Å². The monoisotopic (exact) mass is 364 g/mol. The lowest BCUT2D eigenvalue weighted by Gasteiger charge is -2.27. The van der Waals surface area contributed by atoms with Crippen molar-refractivity contribution in [1.82, 2.24) is 15.0 Å². The smallest absolute Gasteiger partial charge is 0.0995 e. The Kier molecular flexibility index (Phi) is 4.30. The molecule has 4 heteroatoms. The van der Waals surface area contributed by atoms with E-state index in [-0.39, 0.29) is 0 Å². The highest BCUT2D eigenvalue weighted by molar-refractivity contribution is 6.13. The van der Waals surface area contributed by atoms with Crippen molar-refractivity contribution in [3.05, 3.63) is 108 Å². The van der Waals surface area contributed by atoms with Crippen LogP contribution < -0.4 is 0 Å². The molecule has 28 heavy (non-hydrogen) atoms. The number of hydrogen-bond acceptors (Lipinski definition) is 4. The van der Waals surface area contributed by atoms with Crippen LogP contribution in [0.3, 0.4) is 0 Å². The first-order valence-electron chi connectivity index (χ1n) is 9.54. The highest BCUT2D eigenvalue weighted by Crippen LogP contribution is 2.23. The molecule has 1 aliphatic heterocycles. The fraction of sp³-hybridized carbons (Fsp3) is 0.125. The van der Waals surface area contributed by atoms with Crippen LogP contribution in [0.1, 0.15) is 22.4 Å². The summed E-state index contributed by atoms with van der Waals surface area (Å²) >= 11 is 0. The number of pyridine rings is 2. The molecule has 1 aliphatic rings. The molecular formula is C24H20N4. The first kappa shape index (κ1) is 16.6. The summed E-state index contributed by atoms with van der Waals surface area (Å²) in [5.41, 5.74) is 6.66. The van der Waals surface area contributed by atoms with Gasteiger partial charge >= 0.3 is 0 Å². The number of rotatable bonds is 4. The van der Waals surface area contributed by atoms with E-state index < -0.39 is 0 Å². The van der Waals surface area contributed by atoms with E-state index in [1.54, 1.807) is 6.20 Å². The largest absolute Gasteiger partial charge is 0.292 e. The number of nitrogens with zero attached hydrogens (tertiary/aromatic N) is 4. The van der Waals surface area contributed by atoms with Gasteiger partial charge in [-0.25, -0.2) is 0 Å². The third kappa shape index (κ3) is 3.25. The fourth-order valence-electron chi connectivity index (χ4n) is 3.65. The van der Waals surface area contributed by atoms with Gasteiger partial charge in [-0.1, -0.05) is 48.5 Å². The zero-order valence-electron chi connectivity index (χ0n) is 15.5. The predicted octanol–water partition coefficient (Wildman–Crippen LogP) is 4.44. The van der Waals surface area contributed by atoms with Crippen LogP contribution in [0.2, 0.25) is 0 Å². The molecule has 0 saturated carbocycles. The van der Waals surface area contributed by atoms with Crippen molar-refractivity contribution in [2.75, 3.05) is 6.54 Å².